The lowest BCUT2D eigenvalue weighted by Crippen LogP contribution is -2.49. The third-order valence-electron chi connectivity index (χ3n) is 6.75. The number of nitrogens with zero attached hydrogens (tertiary/aromatic N) is 5. The molecule has 2 N–H and O–H groups in total. The van der Waals surface area contributed by atoms with Gasteiger partial charge in [0.25, 0.3) is 0 Å². The third-order valence-corrected chi connectivity index (χ3v) is 7.19. The van der Waals surface area contributed by atoms with Gasteiger partial charge in [0.05, 0.1) is 11.9 Å². The zero-order chi connectivity index (χ0) is 25.3. The molecule has 1 atom stereocenters. The lowest BCUT2D eigenvalue weighted by Gasteiger charge is -2.39. The summed E-state index contributed by atoms with van der Waals surface area (Å²) >= 11 is 11.4. The molecule has 0 bridgehead atoms. The molecule has 2 aliphatic heterocycles. The first-order valence-corrected chi connectivity index (χ1v) is 13.4. The number of piperidine rings is 1. The number of hydrogen-bond acceptors (Lipinski definition) is 7. The Morgan fingerprint density at radius 2 is 1.92 bits per heavy atom. The van der Waals surface area contributed by atoms with Crippen LogP contribution >= 0.6 is 23.2 Å². The number of halogens is 2. The van der Waals surface area contributed by atoms with Crippen molar-refractivity contribution in [3.63, 3.8) is 0 Å². The zero-order valence-corrected chi connectivity index (χ0v) is 22.3. The number of aromatic nitrogens is 3. The van der Waals surface area contributed by atoms with Crippen LogP contribution in [0.2, 0.25) is 10.0 Å². The number of aldehydes is 1. The number of likely N-dealkylation sites (tertiary alicyclic amines) is 2. The van der Waals surface area contributed by atoms with Crippen LogP contribution in [0.25, 0.3) is 11.0 Å². The maximum absolute atomic E-state index is 10.0. The maximum atomic E-state index is 10.0. The van der Waals surface area contributed by atoms with Crippen molar-refractivity contribution in [2.45, 2.75) is 31.7 Å². The molecule has 1 unspecified atom stereocenters. The fourth-order valence-corrected chi connectivity index (χ4v) is 5.54. The number of aromatic amines is 1. The van der Waals surface area contributed by atoms with Gasteiger partial charge in [0.15, 0.2) is 0 Å². The van der Waals surface area contributed by atoms with Gasteiger partial charge in [0.1, 0.15) is 24.1 Å². The molecule has 1 aromatic carbocycles. The Morgan fingerprint density at radius 1 is 1.14 bits per heavy atom. The Kier molecular flexibility index (Phi) is 9.81. The van der Waals surface area contributed by atoms with Crippen molar-refractivity contribution in [1.29, 1.82) is 0 Å². The molecule has 5 rings (SSSR count). The second kappa shape index (κ2) is 13.2. The fourth-order valence-electron chi connectivity index (χ4n) is 5.01. The predicted molar refractivity (Wildman–Crippen MR) is 148 cm³/mol. The van der Waals surface area contributed by atoms with Crippen molar-refractivity contribution >= 4 is 52.0 Å². The number of carbonyl (C=O) groups excluding carboxylic acids is 1. The quantitative estimate of drug-likeness (QED) is 0.412. The average molecular weight is 533 g/mol. The van der Waals surface area contributed by atoms with Gasteiger partial charge in [-0.2, -0.15) is 0 Å². The van der Waals surface area contributed by atoms with Crippen LogP contribution in [0.15, 0.2) is 36.8 Å². The first-order valence-electron chi connectivity index (χ1n) is 12.6. The Morgan fingerprint density at radius 3 is 2.64 bits per heavy atom. The summed E-state index contributed by atoms with van der Waals surface area (Å²) in [7, 11) is 2.23. The van der Waals surface area contributed by atoms with Crippen molar-refractivity contribution in [2.75, 3.05) is 63.1 Å². The van der Waals surface area contributed by atoms with Crippen LogP contribution < -0.4 is 10.2 Å². The van der Waals surface area contributed by atoms with Crippen molar-refractivity contribution in [2.24, 2.45) is 0 Å². The highest BCUT2D eigenvalue weighted by atomic mass is 35.5. The van der Waals surface area contributed by atoms with Crippen molar-refractivity contribution in [3.05, 3.63) is 46.8 Å². The molecule has 0 aliphatic carbocycles. The van der Waals surface area contributed by atoms with E-state index in [-0.39, 0.29) is 6.54 Å². The lowest BCUT2D eigenvalue weighted by atomic mass is 10.0. The zero-order valence-electron chi connectivity index (χ0n) is 20.8. The van der Waals surface area contributed by atoms with Gasteiger partial charge in [-0.25, -0.2) is 9.97 Å². The van der Waals surface area contributed by atoms with Gasteiger partial charge in [-0.1, -0.05) is 23.2 Å². The average Bonchev–Trinajstić information content (AvgIpc) is 3.55. The number of nitrogens with one attached hydrogen (secondary N) is 2. The molecular formula is C26H35Cl2N7O. The van der Waals surface area contributed by atoms with Crippen LogP contribution in [-0.2, 0) is 4.79 Å². The van der Waals surface area contributed by atoms with Crippen molar-refractivity contribution < 1.29 is 4.79 Å². The number of hydrogen-bond donors (Lipinski definition) is 2. The monoisotopic (exact) mass is 531 g/mol. The minimum atomic E-state index is 0.261. The number of anilines is 2. The summed E-state index contributed by atoms with van der Waals surface area (Å²) in [5.41, 5.74) is 1.69. The Labute approximate surface area is 223 Å². The molecule has 8 nitrogen and oxygen atoms in total. The Balaban J connectivity index is 0.000000214. The van der Waals surface area contributed by atoms with E-state index in [0.29, 0.717) is 16.1 Å². The topological polar surface area (TPSA) is 80.4 Å². The van der Waals surface area contributed by atoms with Crippen LogP contribution in [-0.4, -0.2) is 89.9 Å². The number of fused-ring (bicyclic) bond motifs is 1. The van der Waals surface area contributed by atoms with E-state index in [1.54, 1.807) is 24.5 Å². The molecule has 2 aliphatic rings. The smallest absolute Gasteiger partial charge is 0.142 e. The molecule has 2 saturated heterocycles. The molecule has 0 saturated carbocycles. The first kappa shape index (κ1) is 26.7. The van der Waals surface area contributed by atoms with E-state index in [1.807, 2.05) is 6.20 Å². The maximum Gasteiger partial charge on any atom is 0.142 e. The summed E-state index contributed by atoms with van der Waals surface area (Å²) in [5, 5.41) is 5.09. The van der Waals surface area contributed by atoms with Crippen LogP contribution in [0, 0.1) is 0 Å². The normalized spacial score (nSPS) is 18.6. The molecule has 3 aromatic rings. The highest BCUT2D eigenvalue weighted by molar-refractivity contribution is 6.35. The van der Waals surface area contributed by atoms with Crippen LogP contribution in [0.5, 0.6) is 0 Å². The van der Waals surface area contributed by atoms with Crippen molar-refractivity contribution in [1.82, 2.24) is 24.8 Å². The van der Waals surface area contributed by atoms with E-state index in [0.717, 1.165) is 48.5 Å². The predicted octanol–water partition coefficient (Wildman–Crippen LogP) is 4.56. The second-order valence-electron chi connectivity index (χ2n) is 9.44. The molecule has 4 heterocycles. The highest BCUT2D eigenvalue weighted by Crippen LogP contribution is 2.27. The van der Waals surface area contributed by atoms with Gasteiger partial charge in [0.2, 0.25) is 0 Å². The fraction of sp³-hybridized carbons (Fsp3) is 0.500. The number of rotatable bonds is 8. The summed E-state index contributed by atoms with van der Waals surface area (Å²) < 4.78 is 0. The largest absolute Gasteiger partial charge is 0.378 e. The Hall–Kier alpha value is -2.39. The van der Waals surface area contributed by atoms with E-state index in [4.69, 9.17) is 23.2 Å². The number of H-pyrrole nitrogens is 1. The molecular weight excluding hydrogens is 497 g/mol. The molecule has 2 aromatic heterocycles. The van der Waals surface area contributed by atoms with Crippen LogP contribution in [0.3, 0.4) is 0 Å². The van der Waals surface area contributed by atoms with Gasteiger partial charge in [-0.3, -0.25) is 0 Å². The number of benzene rings is 1. The minimum Gasteiger partial charge on any atom is -0.378 e. The van der Waals surface area contributed by atoms with E-state index >= 15 is 0 Å². The molecule has 0 amide bonds. The number of carbonyl (C=O) groups is 1. The first-order chi connectivity index (χ1) is 17.5. The van der Waals surface area contributed by atoms with E-state index in [2.05, 4.69) is 48.1 Å². The lowest BCUT2D eigenvalue weighted by molar-refractivity contribution is -0.106. The van der Waals surface area contributed by atoms with E-state index < -0.39 is 0 Å². The van der Waals surface area contributed by atoms with Crippen molar-refractivity contribution in [3.8, 4) is 0 Å². The van der Waals surface area contributed by atoms with Crippen LogP contribution in [0.4, 0.5) is 11.5 Å². The molecule has 194 valence electrons. The third kappa shape index (κ3) is 7.32. The number of likely N-dealkylation sites (N-methyl/N-ethyl adjacent to an activating group) is 1. The summed E-state index contributed by atoms with van der Waals surface area (Å²) in [6, 6.07) is 7.70. The summed E-state index contributed by atoms with van der Waals surface area (Å²) in [4.78, 5) is 29.9. The van der Waals surface area contributed by atoms with Gasteiger partial charge in [0, 0.05) is 47.6 Å². The summed E-state index contributed by atoms with van der Waals surface area (Å²) in [6.07, 6.45) is 9.65. The van der Waals surface area contributed by atoms with Gasteiger partial charge < -0.3 is 29.8 Å². The van der Waals surface area contributed by atoms with E-state index in [1.165, 1.54) is 45.3 Å². The Bertz CT molecular complexity index is 1100. The molecule has 0 spiro atoms. The second-order valence-corrected chi connectivity index (χ2v) is 10.3. The van der Waals surface area contributed by atoms with E-state index in [9.17, 15) is 4.79 Å². The molecule has 2 fully saturated rings. The van der Waals surface area contributed by atoms with Crippen LogP contribution in [0.1, 0.15) is 25.7 Å². The summed E-state index contributed by atoms with van der Waals surface area (Å²) in [6.45, 7) is 7.28. The molecule has 36 heavy (non-hydrogen) atoms. The van der Waals surface area contributed by atoms with Gasteiger partial charge in [-0.05, 0) is 76.6 Å². The molecule has 10 heteroatoms. The van der Waals surface area contributed by atoms with Gasteiger partial charge >= 0.3 is 0 Å². The minimum absolute atomic E-state index is 0.261. The SMILES string of the molecule is CN1CCCC(N(CCN2CCCC2)c2ncnc3[nH]ccc23)C1.O=CCNc1cc(Cl)cc(Cl)c1. The summed E-state index contributed by atoms with van der Waals surface area (Å²) in [5.74, 6) is 1.10. The molecule has 0 radical (unpaired) electrons. The standard InChI is InChI=1S/C18H28N6.C8H7Cl2NO/c1-22-8-4-5-15(13-22)24(12-11-23-9-2-3-10-23)18-16-6-7-19-17(16)20-14-21-18;9-6-3-7(10)5-8(4-6)11-1-2-12/h6-7,14-15H,2-5,8-13H2,1H3,(H,19,20,21);2-5,11H,1H2. The van der Waals surface area contributed by atoms with Gasteiger partial charge in [-0.15, -0.1) is 0 Å². The highest BCUT2D eigenvalue weighted by Gasteiger charge is 2.27.